The van der Waals surface area contributed by atoms with Crippen molar-refractivity contribution in [3.8, 4) is 0 Å². The molecule has 0 spiro atoms. The molecule has 1 aromatic carbocycles. The molecular formula is C28H43N9O. The van der Waals surface area contributed by atoms with Gasteiger partial charge in [0.15, 0.2) is 17.3 Å². The van der Waals surface area contributed by atoms with Gasteiger partial charge in [-0.3, -0.25) is 9.69 Å². The third-order valence-corrected chi connectivity index (χ3v) is 8.19. The Bertz CT molecular complexity index is 1070. The number of nitrogens with one attached hydrogen (secondary N) is 3. The number of hydrogen-bond donors (Lipinski definition) is 4. The Morgan fingerprint density at radius 1 is 1.03 bits per heavy atom. The molecule has 5 N–H and O–H groups in total. The van der Waals surface area contributed by atoms with Crippen molar-refractivity contribution in [1.29, 1.82) is 0 Å². The molecule has 0 bridgehead atoms. The van der Waals surface area contributed by atoms with E-state index >= 15 is 0 Å². The molecule has 1 atom stereocenters. The molecule has 3 aliphatic rings. The number of amides is 1. The molecule has 4 heterocycles. The minimum atomic E-state index is -0.584. The van der Waals surface area contributed by atoms with E-state index < -0.39 is 5.91 Å². The van der Waals surface area contributed by atoms with Crippen molar-refractivity contribution in [2.75, 3.05) is 74.9 Å². The molecule has 3 aliphatic heterocycles. The third kappa shape index (κ3) is 6.36. The number of aromatic nitrogens is 2. The highest BCUT2D eigenvalue weighted by molar-refractivity contribution is 5.96. The second-order valence-electron chi connectivity index (χ2n) is 10.9. The van der Waals surface area contributed by atoms with E-state index in [2.05, 4.69) is 54.8 Å². The quantitative estimate of drug-likeness (QED) is 0.415. The second-order valence-corrected chi connectivity index (χ2v) is 10.9. The summed E-state index contributed by atoms with van der Waals surface area (Å²) in [6.07, 6.45) is 5.42. The summed E-state index contributed by atoms with van der Waals surface area (Å²) in [5.41, 5.74) is 8.69. The van der Waals surface area contributed by atoms with Crippen LogP contribution >= 0.6 is 0 Å². The monoisotopic (exact) mass is 521 g/mol. The Morgan fingerprint density at radius 2 is 1.76 bits per heavy atom. The number of nitrogens with zero attached hydrogens (tertiary/aromatic N) is 5. The van der Waals surface area contributed by atoms with Crippen molar-refractivity contribution < 1.29 is 4.79 Å². The van der Waals surface area contributed by atoms with Crippen LogP contribution in [0.5, 0.6) is 0 Å². The molecular weight excluding hydrogens is 478 g/mol. The van der Waals surface area contributed by atoms with Crippen LogP contribution < -0.4 is 26.6 Å². The van der Waals surface area contributed by atoms with Gasteiger partial charge in [0.25, 0.3) is 5.91 Å². The van der Waals surface area contributed by atoms with Gasteiger partial charge in [-0.25, -0.2) is 9.97 Å². The predicted molar refractivity (Wildman–Crippen MR) is 153 cm³/mol. The number of carbonyl (C=O) groups excluding carboxylic acids is 1. The summed E-state index contributed by atoms with van der Waals surface area (Å²) in [6.45, 7) is 10.7. The van der Waals surface area contributed by atoms with Gasteiger partial charge >= 0.3 is 0 Å². The smallest absolute Gasteiger partial charge is 0.271 e. The van der Waals surface area contributed by atoms with Gasteiger partial charge < -0.3 is 31.5 Å². The third-order valence-electron chi connectivity index (χ3n) is 8.19. The van der Waals surface area contributed by atoms with Gasteiger partial charge in [-0.1, -0.05) is 6.92 Å². The number of primary amides is 1. The Hall–Kier alpha value is -2.95. The van der Waals surface area contributed by atoms with Crippen LogP contribution in [0.2, 0.25) is 0 Å². The van der Waals surface area contributed by atoms with Crippen LogP contribution in [0.3, 0.4) is 0 Å². The molecule has 1 amide bonds. The number of nitrogens with two attached hydrogens (primary N) is 1. The summed E-state index contributed by atoms with van der Waals surface area (Å²) in [4.78, 5) is 29.2. The lowest BCUT2D eigenvalue weighted by molar-refractivity contribution is 0.0996. The van der Waals surface area contributed by atoms with Crippen molar-refractivity contribution in [3.63, 3.8) is 0 Å². The number of rotatable bonds is 8. The van der Waals surface area contributed by atoms with Crippen molar-refractivity contribution in [3.05, 3.63) is 35.7 Å². The minimum absolute atomic E-state index is 0.170. The van der Waals surface area contributed by atoms with Gasteiger partial charge in [-0.15, -0.1) is 0 Å². The molecule has 0 unspecified atom stereocenters. The molecule has 3 fully saturated rings. The van der Waals surface area contributed by atoms with E-state index in [1.807, 2.05) is 19.1 Å². The van der Waals surface area contributed by atoms with Gasteiger partial charge in [0.2, 0.25) is 0 Å². The van der Waals surface area contributed by atoms with E-state index in [9.17, 15) is 4.79 Å². The van der Waals surface area contributed by atoms with Crippen LogP contribution in [-0.2, 0) is 6.42 Å². The van der Waals surface area contributed by atoms with Crippen LogP contribution in [0.25, 0.3) is 0 Å². The maximum atomic E-state index is 12.2. The lowest BCUT2D eigenvalue weighted by atomic mass is 10.0. The Labute approximate surface area is 226 Å². The molecule has 0 saturated carbocycles. The maximum Gasteiger partial charge on any atom is 0.271 e. The lowest BCUT2D eigenvalue weighted by Crippen LogP contribution is -2.52. The van der Waals surface area contributed by atoms with Crippen LogP contribution in [0, 0.1) is 0 Å². The number of piperazine rings is 1. The molecule has 1 aromatic heterocycles. The topological polar surface area (TPSA) is 115 Å². The first-order valence-electron chi connectivity index (χ1n) is 14.2. The summed E-state index contributed by atoms with van der Waals surface area (Å²) < 4.78 is 0. The van der Waals surface area contributed by atoms with E-state index in [4.69, 9.17) is 10.7 Å². The molecule has 2 aromatic rings. The Kier molecular flexibility index (Phi) is 8.61. The number of benzene rings is 1. The zero-order valence-corrected chi connectivity index (χ0v) is 22.9. The van der Waals surface area contributed by atoms with Gasteiger partial charge in [0.1, 0.15) is 0 Å². The first-order chi connectivity index (χ1) is 18.5. The van der Waals surface area contributed by atoms with Crippen LogP contribution in [0.1, 0.15) is 48.8 Å². The predicted octanol–water partition coefficient (Wildman–Crippen LogP) is 2.26. The first kappa shape index (κ1) is 26.6. The standard InChI is InChI=1S/C28H43N9O/c1-3-24-27(32-21-5-4-12-30-19-21)34-28(25(33-24)26(29)38)31-20-6-8-22(9-7-20)36-15-17-37(18-16-36)23-10-13-35(2)14-11-23/h6-9,21,23,30H,3-5,10-19H2,1-2H3,(H2,29,38)(H2,31,32,34)/t21-/m1/s1. The average molecular weight is 522 g/mol. The molecule has 0 radical (unpaired) electrons. The number of carbonyl (C=O) groups is 1. The van der Waals surface area contributed by atoms with Crippen molar-refractivity contribution in [1.82, 2.24) is 25.1 Å². The van der Waals surface area contributed by atoms with Crippen molar-refractivity contribution in [2.45, 2.75) is 51.1 Å². The summed E-state index contributed by atoms with van der Waals surface area (Å²) in [7, 11) is 2.22. The summed E-state index contributed by atoms with van der Waals surface area (Å²) in [6, 6.07) is 9.37. The molecule has 206 valence electrons. The van der Waals surface area contributed by atoms with E-state index in [1.165, 1.54) is 31.6 Å². The highest BCUT2D eigenvalue weighted by atomic mass is 16.1. The molecule has 0 aliphatic carbocycles. The van der Waals surface area contributed by atoms with Crippen LogP contribution in [0.15, 0.2) is 24.3 Å². The fourth-order valence-corrected chi connectivity index (χ4v) is 5.86. The first-order valence-corrected chi connectivity index (χ1v) is 14.2. The number of likely N-dealkylation sites (tertiary alicyclic amines) is 1. The van der Waals surface area contributed by atoms with Crippen LogP contribution in [0.4, 0.5) is 23.0 Å². The fraction of sp³-hybridized carbons (Fsp3) is 0.607. The molecule has 10 heteroatoms. The van der Waals surface area contributed by atoms with Gasteiger partial charge in [-0.2, -0.15) is 0 Å². The fourth-order valence-electron chi connectivity index (χ4n) is 5.86. The number of piperidine rings is 2. The SMILES string of the molecule is CCc1nc(C(N)=O)c(Nc2ccc(N3CCN(C4CCN(C)CC4)CC3)cc2)nc1N[C@@H]1CCCNC1. The second kappa shape index (κ2) is 12.3. The average Bonchev–Trinajstić information content (AvgIpc) is 2.94. The van der Waals surface area contributed by atoms with Crippen molar-refractivity contribution in [2.24, 2.45) is 5.73 Å². The van der Waals surface area contributed by atoms with E-state index in [0.717, 1.165) is 69.5 Å². The lowest BCUT2D eigenvalue weighted by Gasteiger charge is -2.42. The summed E-state index contributed by atoms with van der Waals surface area (Å²) >= 11 is 0. The highest BCUT2D eigenvalue weighted by Gasteiger charge is 2.26. The van der Waals surface area contributed by atoms with Gasteiger partial charge in [-0.05, 0) is 83.1 Å². The molecule has 10 nitrogen and oxygen atoms in total. The largest absolute Gasteiger partial charge is 0.369 e. The number of aryl methyl sites for hydroxylation is 1. The zero-order chi connectivity index (χ0) is 26.5. The number of anilines is 4. The normalized spacial score (nSPS) is 21.8. The Balaban J connectivity index is 1.24. The van der Waals surface area contributed by atoms with Crippen LogP contribution in [-0.4, -0.2) is 97.2 Å². The molecule has 3 saturated heterocycles. The Morgan fingerprint density at radius 3 is 2.39 bits per heavy atom. The summed E-state index contributed by atoms with van der Waals surface area (Å²) in [5.74, 6) is 0.521. The maximum absolute atomic E-state index is 12.2. The summed E-state index contributed by atoms with van der Waals surface area (Å²) in [5, 5.41) is 10.3. The molecule has 38 heavy (non-hydrogen) atoms. The van der Waals surface area contributed by atoms with E-state index in [1.54, 1.807) is 0 Å². The zero-order valence-electron chi connectivity index (χ0n) is 22.9. The highest BCUT2D eigenvalue weighted by Crippen LogP contribution is 2.26. The van der Waals surface area contributed by atoms with E-state index in [0.29, 0.717) is 18.1 Å². The number of hydrogen-bond acceptors (Lipinski definition) is 9. The minimum Gasteiger partial charge on any atom is -0.369 e. The molecule has 5 rings (SSSR count). The van der Waals surface area contributed by atoms with Gasteiger partial charge in [0.05, 0.1) is 5.69 Å². The van der Waals surface area contributed by atoms with E-state index in [-0.39, 0.29) is 11.7 Å². The van der Waals surface area contributed by atoms with Gasteiger partial charge in [0, 0.05) is 56.2 Å². The van der Waals surface area contributed by atoms with Crippen molar-refractivity contribution >= 4 is 28.9 Å².